The van der Waals surface area contributed by atoms with Crippen LogP contribution in [-0.2, 0) is 4.79 Å². The summed E-state index contributed by atoms with van der Waals surface area (Å²) in [6.45, 7) is 0. The quantitative estimate of drug-likeness (QED) is 0.492. The fourth-order valence-electron chi connectivity index (χ4n) is 0.845. The number of carbonyl (C=O) groups is 1. The van der Waals surface area contributed by atoms with Gasteiger partial charge in [-0.05, 0) is 12.8 Å². The number of aliphatic carboxylic acids is 1. The van der Waals surface area contributed by atoms with E-state index in [1.807, 2.05) is 0 Å². The molecule has 3 N–H and O–H groups in total. The molecule has 0 bridgehead atoms. The Labute approximate surface area is 53.2 Å². The monoisotopic (exact) mass is 127 g/mol. The van der Waals surface area contributed by atoms with Gasteiger partial charge in [0.1, 0.15) is 5.54 Å². The van der Waals surface area contributed by atoms with Crippen molar-refractivity contribution in [2.24, 2.45) is 5.73 Å². The van der Waals surface area contributed by atoms with Crippen LogP contribution in [0.4, 0.5) is 0 Å². The zero-order valence-electron chi connectivity index (χ0n) is 5.00. The highest BCUT2D eigenvalue weighted by Gasteiger charge is 2.33. The Hall–Kier alpha value is -0.830. The van der Waals surface area contributed by atoms with E-state index in [0.717, 1.165) is 0 Å². The lowest BCUT2D eigenvalue weighted by Crippen LogP contribution is -2.45. The van der Waals surface area contributed by atoms with E-state index in [9.17, 15) is 4.79 Å². The number of carboxylic acid groups (broad SMARTS) is 1. The number of rotatable bonds is 1. The summed E-state index contributed by atoms with van der Waals surface area (Å²) in [5, 5.41) is 8.51. The maximum absolute atomic E-state index is 10.4. The van der Waals surface area contributed by atoms with Crippen LogP contribution in [0.3, 0.4) is 0 Å². The fourth-order valence-corrected chi connectivity index (χ4v) is 0.845. The summed E-state index contributed by atoms with van der Waals surface area (Å²) >= 11 is 0. The van der Waals surface area contributed by atoms with E-state index in [1.54, 1.807) is 12.2 Å². The largest absolute Gasteiger partial charge is 0.480 e. The molecule has 0 aromatic carbocycles. The van der Waals surface area contributed by atoms with Crippen molar-refractivity contribution in [1.82, 2.24) is 0 Å². The van der Waals surface area contributed by atoms with Gasteiger partial charge in [0.25, 0.3) is 0 Å². The topological polar surface area (TPSA) is 63.3 Å². The number of carboxylic acids is 1. The Morgan fingerprint density at radius 3 is 2.22 bits per heavy atom. The average Bonchev–Trinajstić information content (AvgIpc) is 2.16. The first-order chi connectivity index (χ1) is 4.15. The Bertz CT molecular complexity index is 154. The molecule has 0 radical (unpaired) electrons. The average molecular weight is 127 g/mol. The molecule has 50 valence electrons. The molecule has 3 heteroatoms. The van der Waals surface area contributed by atoms with Crippen molar-refractivity contribution in [3.05, 3.63) is 12.2 Å². The van der Waals surface area contributed by atoms with E-state index in [-0.39, 0.29) is 0 Å². The van der Waals surface area contributed by atoms with E-state index in [0.29, 0.717) is 12.8 Å². The van der Waals surface area contributed by atoms with Crippen LogP contribution in [0.15, 0.2) is 12.2 Å². The van der Waals surface area contributed by atoms with E-state index in [4.69, 9.17) is 10.8 Å². The number of nitrogens with two attached hydrogens (primary N) is 1. The molecule has 9 heavy (non-hydrogen) atoms. The van der Waals surface area contributed by atoms with E-state index in [2.05, 4.69) is 0 Å². The molecule has 0 aromatic rings. The summed E-state index contributed by atoms with van der Waals surface area (Å²) in [4.78, 5) is 10.4. The highest BCUT2D eigenvalue weighted by Crippen LogP contribution is 2.20. The lowest BCUT2D eigenvalue weighted by Gasteiger charge is -2.15. The summed E-state index contributed by atoms with van der Waals surface area (Å²) in [5.74, 6) is -0.910. The molecule has 0 amide bonds. The minimum absolute atomic E-state index is 0.461. The second-order valence-electron chi connectivity index (χ2n) is 2.34. The van der Waals surface area contributed by atoms with Crippen LogP contribution in [0.2, 0.25) is 0 Å². The van der Waals surface area contributed by atoms with Gasteiger partial charge in [0, 0.05) is 0 Å². The van der Waals surface area contributed by atoms with Crippen LogP contribution in [0, 0.1) is 0 Å². The van der Waals surface area contributed by atoms with E-state index < -0.39 is 11.5 Å². The van der Waals surface area contributed by atoms with E-state index in [1.165, 1.54) is 0 Å². The normalized spacial score (nSPS) is 22.3. The van der Waals surface area contributed by atoms with Gasteiger partial charge in [-0.15, -0.1) is 0 Å². The summed E-state index contributed by atoms with van der Waals surface area (Å²) in [6.07, 6.45) is 4.52. The zero-order valence-corrected chi connectivity index (χ0v) is 5.00. The lowest BCUT2D eigenvalue weighted by molar-refractivity contribution is -0.142. The molecule has 0 aromatic heterocycles. The summed E-state index contributed by atoms with van der Waals surface area (Å²) in [5.41, 5.74) is 4.44. The van der Waals surface area contributed by atoms with Crippen LogP contribution in [0.25, 0.3) is 0 Å². The van der Waals surface area contributed by atoms with Crippen molar-refractivity contribution < 1.29 is 9.90 Å². The minimum atomic E-state index is -1.00. The van der Waals surface area contributed by atoms with Gasteiger partial charge in [-0.2, -0.15) is 0 Å². The first kappa shape index (κ1) is 6.29. The molecule has 0 unspecified atom stereocenters. The Balaban J connectivity index is 2.66. The molecule has 0 spiro atoms. The molecular formula is C6H9NO2. The van der Waals surface area contributed by atoms with Gasteiger partial charge < -0.3 is 10.8 Å². The third kappa shape index (κ3) is 0.954. The van der Waals surface area contributed by atoms with Gasteiger partial charge in [0.05, 0.1) is 0 Å². The number of hydrogen-bond donors (Lipinski definition) is 2. The smallest absolute Gasteiger partial charge is 0.324 e. The molecule has 0 atom stereocenters. The van der Waals surface area contributed by atoms with Crippen LogP contribution >= 0.6 is 0 Å². The first-order valence-electron chi connectivity index (χ1n) is 2.82. The van der Waals surface area contributed by atoms with Gasteiger partial charge in [-0.1, -0.05) is 12.2 Å². The van der Waals surface area contributed by atoms with Gasteiger partial charge in [0.15, 0.2) is 0 Å². The molecule has 0 saturated heterocycles. The highest BCUT2D eigenvalue weighted by molar-refractivity contribution is 5.79. The third-order valence-electron chi connectivity index (χ3n) is 1.56. The van der Waals surface area contributed by atoms with Crippen molar-refractivity contribution in [2.45, 2.75) is 18.4 Å². The Morgan fingerprint density at radius 1 is 1.56 bits per heavy atom. The molecule has 1 rings (SSSR count). The number of hydrogen-bond acceptors (Lipinski definition) is 2. The van der Waals surface area contributed by atoms with Crippen LogP contribution in [-0.4, -0.2) is 16.6 Å². The van der Waals surface area contributed by atoms with Crippen LogP contribution < -0.4 is 5.73 Å². The molecule has 0 heterocycles. The summed E-state index contributed by atoms with van der Waals surface area (Å²) < 4.78 is 0. The molecule has 0 saturated carbocycles. The molecule has 3 nitrogen and oxygen atoms in total. The third-order valence-corrected chi connectivity index (χ3v) is 1.56. The second kappa shape index (κ2) is 1.84. The SMILES string of the molecule is NC1(C(=O)O)CC=CC1. The fraction of sp³-hybridized carbons (Fsp3) is 0.500. The Morgan fingerprint density at radius 2 is 2.00 bits per heavy atom. The van der Waals surface area contributed by atoms with Crippen molar-refractivity contribution in [2.75, 3.05) is 0 Å². The van der Waals surface area contributed by atoms with Crippen LogP contribution in [0.1, 0.15) is 12.8 Å². The van der Waals surface area contributed by atoms with Gasteiger partial charge >= 0.3 is 5.97 Å². The van der Waals surface area contributed by atoms with Crippen molar-refractivity contribution in [3.63, 3.8) is 0 Å². The molecule has 1 aliphatic carbocycles. The van der Waals surface area contributed by atoms with Gasteiger partial charge in [0.2, 0.25) is 0 Å². The molecule has 1 aliphatic rings. The summed E-state index contributed by atoms with van der Waals surface area (Å²) in [7, 11) is 0. The molecule has 0 aliphatic heterocycles. The van der Waals surface area contributed by atoms with Crippen LogP contribution in [0.5, 0.6) is 0 Å². The second-order valence-corrected chi connectivity index (χ2v) is 2.34. The molecular weight excluding hydrogens is 118 g/mol. The van der Waals surface area contributed by atoms with Gasteiger partial charge in [-0.25, -0.2) is 0 Å². The maximum atomic E-state index is 10.4. The lowest BCUT2D eigenvalue weighted by atomic mass is 9.99. The van der Waals surface area contributed by atoms with E-state index >= 15 is 0 Å². The predicted molar refractivity (Wildman–Crippen MR) is 32.9 cm³/mol. The van der Waals surface area contributed by atoms with Gasteiger partial charge in [-0.3, -0.25) is 4.79 Å². The standard InChI is InChI=1S/C6H9NO2/c7-6(5(8)9)3-1-2-4-6/h1-2H,3-4,7H2,(H,8,9). The minimum Gasteiger partial charge on any atom is -0.480 e. The van der Waals surface area contributed by atoms with Crippen molar-refractivity contribution >= 4 is 5.97 Å². The maximum Gasteiger partial charge on any atom is 0.324 e. The van der Waals surface area contributed by atoms with Crippen molar-refractivity contribution in [3.8, 4) is 0 Å². The first-order valence-corrected chi connectivity index (χ1v) is 2.82. The summed E-state index contributed by atoms with van der Waals surface area (Å²) in [6, 6.07) is 0. The highest BCUT2D eigenvalue weighted by atomic mass is 16.4. The predicted octanol–water partition coefficient (Wildman–Crippen LogP) is 0.118. The molecule has 0 fully saturated rings. The Kier molecular flexibility index (Phi) is 1.29. The zero-order chi connectivity index (χ0) is 6.91. The van der Waals surface area contributed by atoms with Crippen molar-refractivity contribution in [1.29, 1.82) is 0 Å².